The maximum Gasteiger partial charge on any atom is 0.323 e. The van der Waals surface area contributed by atoms with Crippen molar-refractivity contribution in [2.45, 2.75) is 6.54 Å². The fourth-order valence-corrected chi connectivity index (χ4v) is 3.08. The van der Waals surface area contributed by atoms with E-state index in [4.69, 9.17) is 0 Å². The van der Waals surface area contributed by atoms with Gasteiger partial charge in [-0.1, -0.05) is 18.2 Å². The highest BCUT2D eigenvalue weighted by Gasteiger charge is 2.13. The highest BCUT2D eigenvalue weighted by molar-refractivity contribution is 5.75. The maximum absolute atomic E-state index is 14.1. The summed E-state index contributed by atoms with van der Waals surface area (Å²) in [4.78, 5) is 16.8. The first-order chi connectivity index (χ1) is 13.7. The third-order valence-corrected chi connectivity index (χ3v) is 4.43. The second-order valence-electron chi connectivity index (χ2n) is 6.30. The fraction of sp³-hybridized carbons (Fsp3) is 0.0526. The van der Waals surface area contributed by atoms with Gasteiger partial charge in [-0.2, -0.15) is 4.52 Å². The topological polar surface area (TPSA) is 104 Å². The summed E-state index contributed by atoms with van der Waals surface area (Å²) in [5.41, 5.74) is 3.10. The molecule has 5 aromatic rings. The van der Waals surface area contributed by atoms with E-state index in [1.165, 1.54) is 10.6 Å². The van der Waals surface area contributed by atoms with Crippen molar-refractivity contribution < 1.29 is 4.39 Å². The number of H-pyrrole nitrogens is 2. The summed E-state index contributed by atoms with van der Waals surface area (Å²) < 4.78 is 15.6. The highest BCUT2D eigenvalue weighted by Crippen LogP contribution is 2.21. The van der Waals surface area contributed by atoms with Crippen LogP contribution in [-0.2, 0) is 6.54 Å². The highest BCUT2D eigenvalue weighted by atomic mass is 19.1. The number of benzene rings is 2. The van der Waals surface area contributed by atoms with Crippen LogP contribution >= 0.6 is 0 Å². The van der Waals surface area contributed by atoms with Gasteiger partial charge in [-0.25, -0.2) is 9.18 Å². The van der Waals surface area contributed by atoms with Crippen LogP contribution in [0, 0.1) is 5.82 Å². The molecular weight excluding hydrogens is 361 g/mol. The summed E-state index contributed by atoms with van der Waals surface area (Å²) in [6.07, 6.45) is 0. The SMILES string of the molecule is O=c1[nH]c2ccc(CNc3ccc4nnc(-c5ccccc5F)n4n3)cc2[nH]1. The first-order valence-electron chi connectivity index (χ1n) is 8.59. The van der Waals surface area contributed by atoms with Crippen molar-refractivity contribution in [2.75, 3.05) is 5.32 Å². The van der Waals surface area contributed by atoms with Gasteiger partial charge in [0.05, 0.1) is 16.6 Å². The minimum atomic E-state index is -0.384. The van der Waals surface area contributed by atoms with Gasteiger partial charge in [0.2, 0.25) is 0 Å². The van der Waals surface area contributed by atoms with Crippen LogP contribution in [0.1, 0.15) is 5.56 Å². The Morgan fingerprint density at radius 2 is 1.86 bits per heavy atom. The van der Waals surface area contributed by atoms with Crippen LogP contribution in [0.3, 0.4) is 0 Å². The zero-order valence-corrected chi connectivity index (χ0v) is 14.5. The Hall–Kier alpha value is -4.01. The predicted octanol–water partition coefficient (Wildman–Crippen LogP) is 2.71. The van der Waals surface area contributed by atoms with Crippen molar-refractivity contribution in [3.05, 3.63) is 76.5 Å². The molecule has 8 nitrogen and oxygen atoms in total. The van der Waals surface area contributed by atoms with E-state index in [0.717, 1.165) is 16.6 Å². The normalized spacial score (nSPS) is 11.3. The molecule has 0 unspecified atom stereocenters. The number of imidazole rings is 1. The van der Waals surface area contributed by atoms with Crippen LogP contribution in [0.25, 0.3) is 28.1 Å². The lowest BCUT2D eigenvalue weighted by Crippen LogP contribution is -2.05. The quantitative estimate of drug-likeness (QED) is 0.448. The molecule has 0 fully saturated rings. The molecule has 0 aliphatic heterocycles. The van der Waals surface area contributed by atoms with Crippen LogP contribution < -0.4 is 11.0 Å². The van der Waals surface area contributed by atoms with E-state index in [0.29, 0.717) is 29.4 Å². The maximum atomic E-state index is 14.1. The third-order valence-electron chi connectivity index (χ3n) is 4.43. The third kappa shape index (κ3) is 2.78. The Labute approximate surface area is 157 Å². The van der Waals surface area contributed by atoms with Gasteiger partial charge < -0.3 is 15.3 Å². The van der Waals surface area contributed by atoms with Crippen molar-refractivity contribution in [3.8, 4) is 11.4 Å². The van der Waals surface area contributed by atoms with E-state index in [1.807, 2.05) is 18.2 Å². The summed E-state index contributed by atoms with van der Waals surface area (Å²) in [6.45, 7) is 0.499. The van der Waals surface area contributed by atoms with Gasteiger partial charge in [-0.15, -0.1) is 15.3 Å². The van der Waals surface area contributed by atoms with Crippen LogP contribution in [0.2, 0.25) is 0 Å². The number of hydrogen-bond acceptors (Lipinski definition) is 5. The van der Waals surface area contributed by atoms with Crippen molar-refractivity contribution in [1.29, 1.82) is 0 Å². The molecule has 0 saturated heterocycles. The van der Waals surface area contributed by atoms with Crippen molar-refractivity contribution in [2.24, 2.45) is 0 Å². The number of fused-ring (bicyclic) bond motifs is 2. The Morgan fingerprint density at radius 3 is 2.75 bits per heavy atom. The standard InChI is InChI=1S/C19H14FN7O/c20-13-4-2-1-3-12(13)18-25-24-17-8-7-16(26-27(17)18)21-10-11-5-6-14-15(9-11)23-19(28)22-14/h1-9H,10H2,(H,21,26)(H2,22,23,28). The molecule has 3 heterocycles. The molecule has 0 saturated carbocycles. The number of aromatic nitrogens is 6. The lowest BCUT2D eigenvalue weighted by molar-refractivity contribution is 0.629. The second kappa shape index (κ2) is 6.31. The van der Waals surface area contributed by atoms with E-state index in [1.54, 1.807) is 30.3 Å². The van der Waals surface area contributed by atoms with Crippen LogP contribution in [-0.4, -0.2) is 29.8 Å². The molecule has 138 valence electrons. The molecular formula is C19H14FN7O. The molecule has 2 aromatic carbocycles. The van der Waals surface area contributed by atoms with Crippen LogP contribution in [0.4, 0.5) is 10.2 Å². The number of rotatable bonds is 4. The largest absolute Gasteiger partial charge is 0.365 e. The molecule has 5 rings (SSSR count). The molecule has 3 N–H and O–H groups in total. The van der Waals surface area contributed by atoms with E-state index in [9.17, 15) is 9.18 Å². The summed E-state index contributed by atoms with van der Waals surface area (Å²) >= 11 is 0. The predicted molar refractivity (Wildman–Crippen MR) is 102 cm³/mol. The van der Waals surface area contributed by atoms with Gasteiger partial charge in [-0.3, -0.25) is 0 Å². The molecule has 0 aliphatic rings. The van der Waals surface area contributed by atoms with Gasteiger partial charge in [-0.05, 0) is 42.0 Å². The van der Waals surface area contributed by atoms with Crippen LogP contribution in [0.15, 0.2) is 59.4 Å². The molecule has 0 spiro atoms. The molecule has 0 aliphatic carbocycles. The van der Waals surface area contributed by atoms with E-state index >= 15 is 0 Å². The Bertz CT molecular complexity index is 1370. The minimum absolute atomic E-state index is 0.236. The number of halogens is 1. The average molecular weight is 375 g/mol. The van der Waals surface area contributed by atoms with E-state index < -0.39 is 0 Å². The van der Waals surface area contributed by atoms with Gasteiger partial charge in [0.1, 0.15) is 11.6 Å². The molecule has 28 heavy (non-hydrogen) atoms. The minimum Gasteiger partial charge on any atom is -0.365 e. The van der Waals surface area contributed by atoms with Crippen molar-refractivity contribution >= 4 is 22.5 Å². The lowest BCUT2D eigenvalue weighted by atomic mass is 10.2. The van der Waals surface area contributed by atoms with Gasteiger partial charge in [0.25, 0.3) is 0 Å². The number of nitrogens with one attached hydrogen (secondary N) is 3. The molecule has 9 heteroatoms. The molecule has 0 amide bonds. The first-order valence-corrected chi connectivity index (χ1v) is 8.59. The van der Waals surface area contributed by atoms with Gasteiger partial charge >= 0.3 is 5.69 Å². The molecule has 0 bridgehead atoms. The Balaban J connectivity index is 1.45. The van der Waals surface area contributed by atoms with Gasteiger partial charge in [0, 0.05) is 6.54 Å². The van der Waals surface area contributed by atoms with Crippen LogP contribution in [0.5, 0.6) is 0 Å². The Kier molecular flexibility index (Phi) is 3.64. The number of hydrogen-bond donors (Lipinski definition) is 3. The summed E-state index contributed by atoms with van der Waals surface area (Å²) in [6, 6.07) is 15.6. The molecule has 3 aromatic heterocycles. The van der Waals surface area contributed by atoms with Crippen molar-refractivity contribution in [1.82, 2.24) is 29.8 Å². The van der Waals surface area contributed by atoms with Crippen molar-refractivity contribution in [3.63, 3.8) is 0 Å². The lowest BCUT2D eigenvalue weighted by Gasteiger charge is -2.07. The fourth-order valence-electron chi connectivity index (χ4n) is 3.08. The summed E-state index contributed by atoms with van der Waals surface area (Å²) in [5, 5.41) is 15.8. The van der Waals surface area contributed by atoms with E-state index in [2.05, 4.69) is 30.6 Å². The number of aromatic amines is 2. The average Bonchev–Trinajstić information content (AvgIpc) is 3.28. The molecule has 0 radical (unpaired) electrons. The van der Waals surface area contributed by atoms with E-state index in [-0.39, 0.29) is 11.5 Å². The first kappa shape index (κ1) is 16.2. The smallest absolute Gasteiger partial charge is 0.323 e. The number of nitrogens with zero attached hydrogens (tertiary/aromatic N) is 4. The molecule has 0 atom stereocenters. The summed E-state index contributed by atoms with van der Waals surface area (Å²) in [7, 11) is 0. The summed E-state index contributed by atoms with van der Waals surface area (Å²) in [5.74, 6) is 0.543. The zero-order chi connectivity index (χ0) is 19.1. The zero-order valence-electron chi connectivity index (χ0n) is 14.5. The van der Waals surface area contributed by atoms with Gasteiger partial charge in [0.15, 0.2) is 11.5 Å². The Morgan fingerprint density at radius 1 is 1.00 bits per heavy atom. The monoisotopic (exact) mass is 375 g/mol. The number of anilines is 1. The second-order valence-corrected chi connectivity index (χ2v) is 6.30.